The maximum absolute atomic E-state index is 13.5. The van der Waals surface area contributed by atoms with Gasteiger partial charge in [-0.2, -0.15) is 9.40 Å². The Morgan fingerprint density at radius 1 is 0.935 bits per heavy atom. The van der Waals surface area contributed by atoms with E-state index in [1.165, 1.54) is 10.7 Å². The number of rotatable bonds is 4. The Bertz CT molecular complexity index is 1050. The molecule has 8 heteroatoms. The topological polar surface area (TPSA) is 75.5 Å². The van der Waals surface area contributed by atoms with Gasteiger partial charge in [0.2, 0.25) is 15.9 Å². The number of carbonyl (C=O) groups is 1. The molecule has 0 aliphatic carbocycles. The molecule has 0 N–H and O–H groups in total. The minimum atomic E-state index is -3.67. The van der Waals surface area contributed by atoms with E-state index in [1.54, 1.807) is 18.5 Å². The lowest BCUT2D eigenvalue weighted by atomic mass is 9.95. The summed E-state index contributed by atoms with van der Waals surface area (Å²) in [6, 6.07) is 7.87. The van der Waals surface area contributed by atoms with Crippen LogP contribution in [0, 0.1) is 26.7 Å². The Balaban J connectivity index is 1.50. The van der Waals surface area contributed by atoms with Crippen LogP contribution in [-0.4, -0.2) is 59.5 Å². The zero-order valence-corrected chi connectivity index (χ0v) is 19.5. The van der Waals surface area contributed by atoms with Crippen molar-refractivity contribution in [2.24, 2.45) is 5.92 Å². The highest BCUT2D eigenvalue weighted by atomic mass is 32.2. The molecule has 1 aromatic heterocycles. The van der Waals surface area contributed by atoms with Gasteiger partial charge in [-0.1, -0.05) is 17.7 Å². The molecule has 0 spiro atoms. The zero-order valence-electron chi connectivity index (χ0n) is 18.7. The summed E-state index contributed by atoms with van der Waals surface area (Å²) in [4.78, 5) is 15.1. The van der Waals surface area contributed by atoms with Gasteiger partial charge in [0.1, 0.15) is 4.90 Å². The van der Waals surface area contributed by atoms with Crippen LogP contribution in [0.4, 0.5) is 0 Å². The van der Waals surface area contributed by atoms with E-state index in [4.69, 9.17) is 0 Å². The Morgan fingerprint density at radius 2 is 1.55 bits per heavy atom. The molecule has 2 saturated heterocycles. The second kappa shape index (κ2) is 8.74. The highest BCUT2D eigenvalue weighted by Gasteiger charge is 2.36. The minimum absolute atomic E-state index is 0.0676. The van der Waals surface area contributed by atoms with Gasteiger partial charge in [0, 0.05) is 32.1 Å². The standard InChI is InChI=1S/C23H32N4O3S/c1-17-7-9-21(10-8-17)27-19(3)22(18(2)24-27)31(29,30)26-15-11-20(12-16-26)23(28)25-13-5-4-6-14-25/h7-10,20H,4-6,11-16H2,1-3H3. The van der Waals surface area contributed by atoms with Crippen LogP contribution in [0.3, 0.4) is 0 Å². The summed E-state index contributed by atoms with van der Waals surface area (Å²) >= 11 is 0. The fraction of sp³-hybridized carbons (Fsp3) is 0.565. The molecule has 0 saturated carbocycles. The van der Waals surface area contributed by atoms with Gasteiger partial charge in [-0.15, -0.1) is 0 Å². The summed E-state index contributed by atoms with van der Waals surface area (Å²) in [5.41, 5.74) is 3.11. The number of amides is 1. The molecule has 2 aliphatic heterocycles. The fourth-order valence-electron chi connectivity index (χ4n) is 4.78. The van der Waals surface area contributed by atoms with Gasteiger partial charge in [-0.05, 0) is 65.0 Å². The van der Waals surface area contributed by atoms with E-state index in [0.717, 1.165) is 37.2 Å². The number of piperidine rings is 2. The number of aromatic nitrogens is 2. The Kier molecular flexibility index (Phi) is 6.21. The zero-order chi connectivity index (χ0) is 22.2. The monoisotopic (exact) mass is 444 g/mol. The number of carbonyl (C=O) groups excluding carboxylic acids is 1. The van der Waals surface area contributed by atoms with Crippen LogP contribution < -0.4 is 0 Å². The first-order chi connectivity index (χ1) is 14.8. The number of benzene rings is 1. The predicted octanol–water partition coefficient (Wildman–Crippen LogP) is 3.21. The van der Waals surface area contributed by atoms with Crippen LogP contribution in [0.1, 0.15) is 49.1 Å². The highest BCUT2D eigenvalue weighted by molar-refractivity contribution is 7.89. The van der Waals surface area contributed by atoms with E-state index in [0.29, 0.717) is 37.3 Å². The molecule has 1 amide bonds. The molecule has 0 unspecified atom stereocenters. The average Bonchev–Trinajstić information content (AvgIpc) is 3.09. The molecule has 1 aromatic carbocycles. The van der Waals surface area contributed by atoms with Crippen LogP contribution in [0.15, 0.2) is 29.2 Å². The number of hydrogen-bond donors (Lipinski definition) is 0. The lowest BCUT2D eigenvalue weighted by Gasteiger charge is -2.35. The van der Waals surface area contributed by atoms with E-state index in [1.807, 2.05) is 36.1 Å². The largest absolute Gasteiger partial charge is 0.342 e. The summed E-state index contributed by atoms with van der Waals surface area (Å²) in [6.45, 7) is 8.00. The molecule has 0 bridgehead atoms. The molecule has 2 aromatic rings. The van der Waals surface area contributed by atoms with Gasteiger partial charge in [0.05, 0.1) is 17.1 Å². The number of sulfonamides is 1. The normalized spacial score (nSPS) is 19.0. The highest BCUT2D eigenvalue weighted by Crippen LogP contribution is 2.30. The van der Waals surface area contributed by atoms with Crippen molar-refractivity contribution in [3.8, 4) is 5.69 Å². The molecule has 4 rings (SSSR count). The molecule has 3 heterocycles. The molecule has 2 aliphatic rings. The second-order valence-electron chi connectivity index (χ2n) is 8.81. The maximum atomic E-state index is 13.5. The minimum Gasteiger partial charge on any atom is -0.342 e. The van der Waals surface area contributed by atoms with Crippen molar-refractivity contribution in [2.45, 2.75) is 57.8 Å². The molecule has 7 nitrogen and oxygen atoms in total. The van der Waals surface area contributed by atoms with Crippen molar-refractivity contribution >= 4 is 15.9 Å². The molecule has 0 atom stereocenters. The molecule has 31 heavy (non-hydrogen) atoms. The summed E-state index contributed by atoms with van der Waals surface area (Å²) < 4.78 is 30.2. The number of nitrogens with zero attached hydrogens (tertiary/aromatic N) is 4. The maximum Gasteiger partial charge on any atom is 0.246 e. The fourth-order valence-corrected chi connectivity index (χ4v) is 6.61. The molecular weight excluding hydrogens is 412 g/mol. The number of hydrogen-bond acceptors (Lipinski definition) is 4. The Morgan fingerprint density at radius 3 is 2.16 bits per heavy atom. The van der Waals surface area contributed by atoms with Crippen molar-refractivity contribution in [1.82, 2.24) is 19.0 Å². The molecule has 168 valence electrons. The van der Waals surface area contributed by atoms with Crippen molar-refractivity contribution < 1.29 is 13.2 Å². The van der Waals surface area contributed by atoms with Gasteiger partial charge in [-0.25, -0.2) is 13.1 Å². The summed E-state index contributed by atoms with van der Waals surface area (Å²) in [7, 11) is -3.67. The first-order valence-electron chi connectivity index (χ1n) is 11.2. The van der Waals surface area contributed by atoms with Crippen LogP contribution in [0.2, 0.25) is 0 Å². The van der Waals surface area contributed by atoms with Crippen molar-refractivity contribution in [3.63, 3.8) is 0 Å². The van der Waals surface area contributed by atoms with E-state index in [-0.39, 0.29) is 16.7 Å². The molecular formula is C23H32N4O3S. The quantitative estimate of drug-likeness (QED) is 0.726. The Hall–Kier alpha value is -2.19. The first kappa shape index (κ1) is 22.0. The van der Waals surface area contributed by atoms with Crippen molar-refractivity contribution in [3.05, 3.63) is 41.2 Å². The van der Waals surface area contributed by atoms with Gasteiger partial charge in [-0.3, -0.25) is 4.79 Å². The molecule has 2 fully saturated rings. The summed E-state index contributed by atoms with van der Waals surface area (Å²) in [5, 5.41) is 4.53. The lowest BCUT2D eigenvalue weighted by Crippen LogP contribution is -2.45. The van der Waals surface area contributed by atoms with Gasteiger partial charge in [0.15, 0.2) is 0 Å². The summed E-state index contributed by atoms with van der Waals surface area (Å²) in [5.74, 6) is 0.137. The first-order valence-corrected chi connectivity index (χ1v) is 12.7. The van der Waals surface area contributed by atoms with E-state index < -0.39 is 10.0 Å². The lowest BCUT2D eigenvalue weighted by molar-refractivity contribution is -0.137. The average molecular weight is 445 g/mol. The van der Waals surface area contributed by atoms with Crippen LogP contribution in [0.25, 0.3) is 5.69 Å². The number of aryl methyl sites for hydroxylation is 2. The van der Waals surface area contributed by atoms with Crippen molar-refractivity contribution in [1.29, 1.82) is 0 Å². The van der Waals surface area contributed by atoms with Crippen LogP contribution in [-0.2, 0) is 14.8 Å². The van der Waals surface area contributed by atoms with E-state index in [9.17, 15) is 13.2 Å². The number of likely N-dealkylation sites (tertiary alicyclic amines) is 1. The third-order valence-electron chi connectivity index (χ3n) is 6.57. The van der Waals surface area contributed by atoms with Gasteiger partial charge in [0.25, 0.3) is 0 Å². The predicted molar refractivity (Wildman–Crippen MR) is 120 cm³/mol. The van der Waals surface area contributed by atoms with E-state index in [2.05, 4.69) is 5.10 Å². The third kappa shape index (κ3) is 4.28. The second-order valence-corrected chi connectivity index (χ2v) is 10.7. The van der Waals surface area contributed by atoms with Gasteiger partial charge >= 0.3 is 0 Å². The van der Waals surface area contributed by atoms with Crippen LogP contribution in [0.5, 0.6) is 0 Å². The Labute approximate surface area is 185 Å². The SMILES string of the molecule is Cc1ccc(-n2nc(C)c(S(=O)(=O)N3CCC(C(=O)N4CCCCC4)CC3)c2C)cc1. The third-order valence-corrected chi connectivity index (χ3v) is 8.72. The molecule has 0 radical (unpaired) electrons. The van der Waals surface area contributed by atoms with Crippen molar-refractivity contribution in [2.75, 3.05) is 26.2 Å². The van der Waals surface area contributed by atoms with Gasteiger partial charge < -0.3 is 4.90 Å². The smallest absolute Gasteiger partial charge is 0.246 e. The van der Waals surface area contributed by atoms with E-state index >= 15 is 0 Å². The summed E-state index contributed by atoms with van der Waals surface area (Å²) in [6.07, 6.45) is 4.50. The van der Waals surface area contributed by atoms with Crippen LogP contribution >= 0.6 is 0 Å².